The molecule has 5 heteroatoms. The molecule has 0 bridgehead atoms. The third-order valence-corrected chi connectivity index (χ3v) is 3.31. The average Bonchev–Trinajstić information content (AvgIpc) is 2.19. The van der Waals surface area contributed by atoms with Gasteiger partial charge in [-0.3, -0.25) is 9.36 Å². The van der Waals surface area contributed by atoms with Gasteiger partial charge < -0.3 is 5.73 Å². The number of nitrogens with two attached hydrogens (primary N) is 1. The Morgan fingerprint density at radius 2 is 2.36 bits per heavy atom. The molecule has 1 heterocycles. The number of hydrogen-bond acceptors (Lipinski definition) is 3. The van der Waals surface area contributed by atoms with Crippen molar-refractivity contribution >= 4 is 22.6 Å². The fourth-order valence-corrected chi connectivity index (χ4v) is 1.54. The molecule has 0 fully saturated rings. The molecule has 1 rings (SSSR count). The van der Waals surface area contributed by atoms with Gasteiger partial charge in [0.2, 0.25) is 0 Å². The van der Waals surface area contributed by atoms with E-state index in [9.17, 15) is 4.79 Å². The smallest absolute Gasteiger partial charge is 0.267 e. The van der Waals surface area contributed by atoms with Crippen LogP contribution in [-0.4, -0.2) is 16.1 Å². The molecule has 14 heavy (non-hydrogen) atoms. The number of aromatic nitrogens is 2. The summed E-state index contributed by atoms with van der Waals surface area (Å²) in [6, 6.07) is 0. The van der Waals surface area contributed by atoms with E-state index in [0.29, 0.717) is 22.6 Å². The normalized spacial score (nSPS) is 12.9. The first-order valence-electron chi connectivity index (χ1n) is 4.48. The highest BCUT2D eigenvalue weighted by Gasteiger charge is 2.07. The number of halogens is 1. The molecule has 1 unspecified atom stereocenters. The maximum atomic E-state index is 11.7. The standard InChI is InChI=1S/C9H14IN3O/c1-6(3-11)4-13-5-12-7(2)8(10)9(13)14/h5-6H,3-4,11H2,1-2H3. The summed E-state index contributed by atoms with van der Waals surface area (Å²) < 4.78 is 2.31. The van der Waals surface area contributed by atoms with Gasteiger partial charge in [0.25, 0.3) is 5.56 Å². The van der Waals surface area contributed by atoms with Crippen LogP contribution < -0.4 is 11.3 Å². The summed E-state index contributed by atoms with van der Waals surface area (Å²) in [6.07, 6.45) is 1.59. The van der Waals surface area contributed by atoms with Crippen LogP contribution in [0.4, 0.5) is 0 Å². The summed E-state index contributed by atoms with van der Waals surface area (Å²) >= 11 is 2.03. The topological polar surface area (TPSA) is 60.9 Å². The van der Waals surface area contributed by atoms with E-state index in [1.54, 1.807) is 10.9 Å². The van der Waals surface area contributed by atoms with E-state index in [2.05, 4.69) is 4.98 Å². The zero-order chi connectivity index (χ0) is 10.7. The molecule has 1 aromatic heterocycles. The lowest BCUT2D eigenvalue weighted by Gasteiger charge is -2.11. The molecule has 0 aliphatic carbocycles. The average molecular weight is 307 g/mol. The molecule has 1 atom stereocenters. The minimum atomic E-state index is 0.0263. The molecule has 0 aliphatic heterocycles. The monoisotopic (exact) mass is 307 g/mol. The molecule has 78 valence electrons. The molecule has 0 aliphatic rings. The van der Waals surface area contributed by atoms with Gasteiger partial charge in [-0.2, -0.15) is 0 Å². The first-order chi connectivity index (χ1) is 6.56. The predicted molar refractivity (Wildman–Crippen MR) is 64.2 cm³/mol. The van der Waals surface area contributed by atoms with Crippen LogP contribution in [0, 0.1) is 16.4 Å². The van der Waals surface area contributed by atoms with Crippen molar-refractivity contribution in [1.29, 1.82) is 0 Å². The van der Waals surface area contributed by atoms with Crippen molar-refractivity contribution < 1.29 is 0 Å². The predicted octanol–water partition coefficient (Wildman–Crippen LogP) is 0.751. The lowest BCUT2D eigenvalue weighted by Crippen LogP contribution is -2.28. The Labute approximate surface area is 96.7 Å². The molecule has 2 N–H and O–H groups in total. The molecule has 0 spiro atoms. The molecule has 4 nitrogen and oxygen atoms in total. The SMILES string of the molecule is Cc1ncn(CC(C)CN)c(=O)c1I. The summed E-state index contributed by atoms with van der Waals surface area (Å²) in [4.78, 5) is 15.9. The second-order valence-corrected chi connectivity index (χ2v) is 4.52. The van der Waals surface area contributed by atoms with E-state index < -0.39 is 0 Å². The van der Waals surface area contributed by atoms with Gasteiger partial charge in [0.05, 0.1) is 15.6 Å². The van der Waals surface area contributed by atoms with Crippen LogP contribution in [0.1, 0.15) is 12.6 Å². The summed E-state index contributed by atoms with van der Waals surface area (Å²) in [5.74, 6) is 0.299. The van der Waals surface area contributed by atoms with E-state index in [1.807, 2.05) is 36.4 Å². The quantitative estimate of drug-likeness (QED) is 0.838. The van der Waals surface area contributed by atoms with Crippen molar-refractivity contribution in [2.75, 3.05) is 6.54 Å². The van der Waals surface area contributed by atoms with E-state index in [1.165, 1.54) is 0 Å². The van der Waals surface area contributed by atoms with Gasteiger partial charge in [-0.15, -0.1) is 0 Å². The lowest BCUT2D eigenvalue weighted by atomic mass is 10.2. The second-order valence-electron chi connectivity index (χ2n) is 3.44. The Kier molecular flexibility index (Phi) is 4.06. The van der Waals surface area contributed by atoms with Crippen LogP contribution in [0.2, 0.25) is 0 Å². The van der Waals surface area contributed by atoms with Gasteiger partial charge in [-0.1, -0.05) is 6.92 Å². The molecular weight excluding hydrogens is 293 g/mol. The highest BCUT2D eigenvalue weighted by molar-refractivity contribution is 14.1. The van der Waals surface area contributed by atoms with Gasteiger partial charge in [0.15, 0.2) is 0 Å². The molecule has 0 radical (unpaired) electrons. The van der Waals surface area contributed by atoms with E-state index in [-0.39, 0.29) is 5.56 Å². The van der Waals surface area contributed by atoms with Crippen molar-refractivity contribution in [2.24, 2.45) is 11.7 Å². The van der Waals surface area contributed by atoms with Gasteiger partial charge in [0.1, 0.15) is 0 Å². The third-order valence-electron chi connectivity index (χ3n) is 2.07. The number of rotatable bonds is 3. The van der Waals surface area contributed by atoms with E-state index >= 15 is 0 Å². The van der Waals surface area contributed by atoms with Gasteiger partial charge in [0, 0.05) is 6.54 Å². The first-order valence-corrected chi connectivity index (χ1v) is 5.55. The zero-order valence-electron chi connectivity index (χ0n) is 8.33. The van der Waals surface area contributed by atoms with Crippen molar-refractivity contribution in [1.82, 2.24) is 9.55 Å². The number of nitrogens with zero attached hydrogens (tertiary/aromatic N) is 2. The van der Waals surface area contributed by atoms with Gasteiger partial charge >= 0.3 is 0 Å². The Hall–Kier alpha value is -0.430. The molecule has 1 aromatic rings. The summed E-state index contributed by atoms with van der Waals surface area (Å²) in [6.45, 7) is 5.06. The Morgan fingerprint density at radius 3 is 2.93 bits per heavy atom. The molecule has 0 amide bonds. The Morgan fingerprint density at radius 1 is 1.71 bits per heavy atom. The van der Waals surface area contributed by atoms with Crippen LogP contribution in [0.15, 0.2) is 11.1 Å². The van der Waals surface area contributed by atoms with Crippen LogP contribution in [0.25, 0.3) is 0 Å². The molecule has 0 saturated heterocycles. The van der Waals surface area contributed by atoms with E-state index in [0.717, 1.165) is 5.69 Å². The molecule has 0 saturated carbocycles. The van der Waals surface area contributed by atoms with E-state index in [4.69, 9.17) is 5.73 Å². The highest BCUT2D eigenvalue weighted by atomic mass is 127. The van der Waals surface area contributed by atoms with Crippen molar-refractivity contribution in [3.05, 3.63) is 25.9 Å². The Bertz CT molecular complexity index is 375. The summed E-state index contributed by atoms with van der Waals surface area (Å²) in [5, 5.41) is 0. The fourth-order valence-electron chi connectivity index (χ4n) is 1.09. The maximum Gasteiger partial charge on any atom is 0.267 e. The van der Waals surface area contributed by atoms with Crippen molar-refractivity contribution in [3.63, 3.8) is 0 Å². The largest absolute Gasteiger partial charge is 0.330 e. The van der Waals surface area contributed by atoms with Crippen molar-refractivity contribution in [3.8, 4) is 0 Å². The summed E-state index contributed by atoms with van der Waals surface area (Å²) in [7, 11) is 0. The third kappa shape index (κ3) is 2.54. The molecular formula is C9H14IN3O. The first kappa shape index (κ1) is 11.6. The van der Waals surface area contributed by atoms with Crippen LogP contribution in [0.5, 0.6) is 0 Å². The Balaban J connectivity index is 3.00. The number of hydrogen-bond donors (Lipinski definition) is 1. The van der Waals surface area contributed by atoms with Crippen molar-refractivity contribution in [2.45, 2.75) is 20.4 Å². The lowest BCUT2D eigenvalue weighted by molar-refractivity contribution is 0.475. The number of aryl methyl sites for hydroxylation is 1. The fraction of sp³-hybridized carbons (Fsp3) is 0.556. The van der Waals surface area contributed by atoms with Crippen LogP contribution in [0.3, 0.4) is 0 Å². The van der Waals surface area contributed by atoms with Crippen LogP contribution in [-0.2, 0) is 6.54 Å². The maximum absolute atomic E-state index is 11.7. The van der Waals surface area contributed by atoms with Crippen LogP contribution >= 0.6 is 22.6 Å². The minimum Gasteiger partial charge on any atom is -0.330 e. The van der Waals surface area contributed by atoms with Gasteiger partial charge in [-0.25, -0.2) is 4.98 Å². The minimum absolute atomic E-state index is 0.0263. The molecule has 0 aromatic carbocycles. The zero-order valence-corrected chi connectivity index (χ0v) is 10.5. The summed E-state index contributed by atoms with van der Waals surface area (Å²) in [5.41, 5.74) is 6.31. The van der Waals surface area contributed by atoms with Gasteiger partial charge in [-0.05, 0) is 42.0 Å². The highest BCUT2D eigenvalue weighted by Crippen LogP contribution is 2.02. The second kappa shape index (κ2) is 4.88.